The number of methoxy groups -OCH3 is 1. The summed E-state index contributed by atoms with van der Waals surface area (Å²) in [6.45, 7) is 5.61. The molecule has 2 rings (SSSR count). The fraction of sp³-hybridized carbons (Fsp3) is 0.438. The molecule has 1 aliphatic rings. The Hall–Kier alpha value is -1.77. The van der Waals surface area contributed by atoms with Crippen molar-refractivity contribution in [3.8, 4) is 5.75 Å². The summed E-state index contributed by atoms with van der Waals surface area (Å²) in [6, 6.07) is 5.77. The van der Waals surface area contributed by atoms with Crippen molar-refractivity contribution >= 4 is 12.0 Å². The highest BCUT2D eigenvalue weighted by Gasteiger charge is 2.17. The summed E-state index contributed by atoms with van der Waals surface area (Å²) in [7, 11) is 1.64. The molecule has 1 saturated heterocycles. The molecule has 0 aliphatic carbocycles. The van der Waals surface area contributed by atoms with Crippen LogP contribution in [0.25, 0.3) is 6.08 Å². The van der Waals surface area contributed by atoms with Crippen molar-refractivity contribution in [3.05, 3.63) is 35.9 Å². The van der Waals surface area contributed by atoms with E-state index in [1.54, 1.807) is 13.2 Å². The molecule has 0 aromatic heterocycles. The van der Waals surface area contributed by atoms with E-state index in [4.69, 9.17) is 4.74 Å². The average molecular weight is 259 g/mol. The molecule has 0 spiro atoms. The molecule has 0 N–H and O–H groups in total. The van der Waals surface area contributed by atoms with Crippen LogP contribution in [0, 0.1) is 0 Å². The first-order valence-corrected chi connectivity index (χ1v) is 6.81. The minimum Gasteiger partial charge on any atom is -0.497 e. The van der Waals surface area contributed by atoms with Gasteiger partial charge in [-0.05, 0) is 42.5 Å². The first-order valence-electron chi connectivity index (χ1n) is 6.81. The summed E-state index contributed by atoms with van der Waals surface area (Å²) in [5, 5.41) is 0. The van der Waals surface area contributed by atoms with E-state index in [0.29, 0.717) is 6.42 Å². The Kier molecular flexibility index (Phi) is 4.61. The number of ether oxygens (including phenoxy) is 1. The van der Waals surface area contributed by atoms with E-state index in [0.717, 1.165) is 42.8 Å². The lowest BCUT2D eigenvalue weighted by molar-refractivity contribution is -0.131. The van der Waals surface area contributed by atoms with Gasteiger partial charge in [-0.2, -0.15) is 0 Å². The van der Waals surface area contributed by atoms with E-state index in [1.165, 1.54) is 6.42 Å². The minimum absolute atomic E-state index is 0.216. The number of hydrogen-bond donors (Lipinski definition) is 0. The van der Waals surface area contributed by atoms with Gasteiger partial charge in [0.05, 0.1) is 13.5 Å². The molecule has 3 nitrogen and oxygen atoms in total. The van der Waals surface area contributed by atoms with Gasteiger partial charge in [-0.1, -0.05) is 18.7 Å². The van der Waals surface area contributed by atoms with Crippen molar-refractivity contribution in [2.24, 2.45) is 0 Å². The monoisotopic (exact) mass is 259 g/mol. The summed E-state index contributed by atoms with van der Waals surface area (Å²) in [5.74, 6) is 1.01. The Morgan fingerprint density at radius 1 is 1.37 bits per heavy atom. The van der Waals surface area contributed by atoms with Crippen molar-refractivity contribution in [2.45, 2.75) is 25.7 Å². The molecule has 0 bridgehead atoms. The third-order valence-electron chi connectivity index (χ3n) is 3.62. The zero-order valence-electron chi connectivity index (χ0n) is 11.5. The van der Waals surface area contributed by atoms with Crippen LogP contribution in [-0.2, 0) is 11.2 Å². The van der Waals surface area contributed by atoms with Crippen molar-refractivity contribution in [1.29, 1.82) is 0 Å². The van der Waals surface area contributed by atoms with Crippen LogP contribution in [0.1, 0.15) is 30.4 Å². The predicted molar refractivity (Wildman–Crippen MR) is 77.2 cm³/mol. The van der Waals surface area contributed by atoms with Gasteiger partial charge < -0.3 is 9.64 Å². The molecule has 1 heterocycles. The number of rotatable bonds is 4. The number of carbonyl (C=O) groups is 1. The lowest BCUT2D eigenvalue weighted by atomic mass is 10.0. The maximum atomic E-state index is 12.3. The normalized spacial score (nSPS) is 15.1. The fourth-order valence-corrected chi connectivity index (χ4v) is 2.47. The average Bonchev–Trinajstić information content (AvgIpc) is 2.48. The van der Waals surface area contributed by atoms with Crippen LogP contribution >= 0.6 is 0 Å². The van der Waals surface area contributed by atoms with Crippen molar-refractivity contribution in [2.75, 3.05) is 20.2 Å². The Bertz CT molecular complexity index is 462. The molecular formula is C16H21NO2. The number of hydrogen-bond acceptors (Lipinski definition) is 2. The van der Waals surface area contributed by atoms with Crippen molar-refractivity contribution in [1.82, 2.24) is 4.90 Å². The third kappa shape index (κ3) is 3.37. The van der Waals surface area contributed by atoms with E-state index in [2.05, 4.69) is 6.58 Å². The summed E-state index contributed by atoms with van der Waals surface area (Å²) < 4.78 is 5.19. The van der Waals surface area contributed by atoms with Crippen LogP contribution in [0.5, 0.6) is 5.75 Å². The molecule has 0 radical (unpaired) electrons. The van der Waals surface area contributed by atoms with E-state index in [1.807, 2.05) is 23.1 Å². The quantitative estimate of drug-likeness (QED) is 0.832. The molecular weight excluding hydrogens is 238 g/mol. The van der Waals surface area contributed by atoms with Gasteiger partial charge in [-0.3, -0.25) is 4.79 Å². The molecule has 19 heavy (non-hydrogen) atoms. The van der Waals surface area contributed by atoms with E-state index in [9.17, 15) is 4.79 Å². The van der Waals surface area contributed by atoms with Crippen LogP contribution in [0.4, 0.5) is 0 Å². The van der Waals surface area contributed by atoms with Gasteiger partial charge in [0.25, 0.3) is 0 Å². The summed E-state index contributed by atoms with van der Waals surface area (Å²) in [5.41, 5.74) is 2.00. The van der Waals surface area contributed by atoms with Crippen LogP contribution in [0.2, 0.25) is 0 Å². The molecule has 0 saturated carbocycles. The molecule has 0 unspecified atom stereocenters. The molecule has 1 aromatic carbocycles. The largest absolute Gasteiger partial charge is 0.497 e. The zero-order chi connectivity index (χ0) is 13.7. The highest BCUT2D eigenvalue weighted by molar-refractivity contribution is 5.80. The number of nitrogens with zero attached hydrogens (tertiary/aromatic N) is 1. The number of amides is 1. The van der Waals surface area contributed by atoms with E-state index >= 15 is 0 Å². The van der Waals surface area contributed by atoms with Gasteiger partial charge in [0, 0.05) is 13.1 Å². The van der Waals surface area contributed by atoms with Gasteiger partial charge >= 0.3 is 0 Å². The standard InChI is InChI=1S/C16H21NO2/c1-3-13-11-15(19-2)8-7-14(13)12-16(18)17-9-5-4-6-10-17/h3,7-8,11H,1,4-6,9-10,12H2,2H3. The van der Waals surface area contributed by atoms with Crippen molar-refractivity contribution in [3.63, 3.8) is 0 Å². The third-order valence-corrected chi connectivity index (χ3v) is 3.62. The second kappa shape index (κ2) is 6.41. The fourth-order valence-electron chi connectivity index (χ4n) is 2.47. The van der Waals surface area contributed by atoms with Crippen LogP contribution in [-0.4, -0.2) is 31.0 Å². The molecule has 102 valence electrons. The van der Waals surface area contributed by atoms with E-state index in [-0.39, 0.29) is 5.91 Å². The van der Waals surface area contributed by atoms with Gasteiger partial charge in [-0.15, -0.1) is 0 Å². The maximum Gasteiger partial charge on any atom is 0.227 e. The maximum absolute atomic E-state index is 12.3. The van der Waals surface area contributed by atoms with E-state index < -0.39 is 0 Å². The Morgan fingerprint density at radius 2 is 2.11 bits per heavy atom. The lowest BCUT2D eigenvalue weighted by Gasteiger charge is -2.27. The van der Waals surface area contributed by atoms with Crippen molar-refractivity contribution < 1.29 is 9.53 Å². The minimum atomic E-state index is 0.216. The number of carbonyl (C=O) groups excluding carboxylic acids is 1. The van der Waals surface area contributed by atoms with Crippen LogP contribution in [0.3, 0.4) is 0 Å². The summed E-state index contributed by atoms with van der Waals surface area (Å²) >= 11 is 0. The Labute approximate surface area is 114 Å². The molecule has 1 amide bonds. The molecule has 3 heteroatoms. The summed E-state index contributed by atoms with van der Waals surface area (Å²) in [4.78, 5) is 14.2. The first-order chi connectivity index (χ1) is 9.24. The summed E-state index contributed by atoms with van der Waals surface area (Å²) in [6.07, 6.45) is 5.72. The SMILES string of the molecule is C=Cc1cc(OC)ccc1CC(=O)N1CCCCC1. The topological polar surface area (TPSA) is 29.5 Å². The highest BCUT2D eigenvalue weighted by Crippen LogP contribution is 2.20. The lowest BCUT2D eigenvalue weighted by Crippen LogP contribution is -2.36. The van der Waals surface area contributed by atoms with Crippen LogP contribution in [0.15, 0.2) is 24.8 Å². The molecule has 1 aromatic rings. The Balaban J connectivity index is 2.09. The number of piperidine rings is 1. The number of benzene rings is 1. The first kappa shape index (κ1) is 13.7. The zero-order valence-corrected chi connectivity index (χ0v) is 11.5. The second-order valence-electron chi connectivity index (χ2n) is 4.89. The van der Waals surface area contributed by atoms with Crippen LogP contribution < -0.4 is 4.74 Å². The molecule has 1 fully saturated rings. The smallest absolute Gasteiger partial charge is 0.227 e. The highest BCUT2D eigenvalue weighted by atomic mass is 16.5. The molecule has 1 aliphatic heterocycles. The van der Waals surface area contributed by atoms with Gasteiger partial charge in [-0.25, -0.2) is 0 Å². The van der Waals surface area contributed by atoms with Gasteiger partial charge in [0.15, 0.2) is 0 Å². The second-order valence-corrected chi connectivity index (χ2v) is 4.89. The predicted octanol–water partition coefficient (Wildman–Crippen LogP) is 2.89. The van der Waals surface area contributed by atoms with Gasteiger partial charge in [0.1, 0.15) is 5.75 Å². The molecule has 0 atom stereocenters. The number of likely N-dealkylation sites (tertiary alicyclic amines) is 1. The Morgan fingerprint density at radius 3 is 2.74 bits per heavy atom. The van der Waals surface area contributed by atoms with Gasteiger partial charge in [0.2, 0.25) is 5.91 Å².